The van der Waals surface area contributed by atoms with Gasteiger partial charge in [0.1, 0.15) is 0 Å². The van der Waals surface area contributed by atoms with Crippen molar-refractivity contribution in [1.29, 1.82) is 0 Å². The van der Waals surface area contributed by atoms with E-state index in [9.17, 15) is 22.0 Å². The SMILES string of the molecule is CN(c1cncc(C(=O)Nc2ccc(F)c(F)c2)c1)C1CCS(=O)(=O)C1. The van der Waals surface area contributed by atoms with Gasteiger partial charge in [-0.2, -0.15) is 0 Å². The number of aromatic nitrogens is 1. The molecule has 1 N–H and O–H groups in total. The van der Waals surface area contributed by atoms with Crippen molar-refractivity contribution in [3.63, 3.8) is 0 Å². The van der Waals surface area contributed by atoms with Crippen molar-refractivity contribution in [2.24, 2.45) is 0 Å². The molecule has 26 heavy (non-hydrogen) atoms. The van der Waals surface area contributed by atoms with E-state index in [4.69, 9.17) is 0 Å². The van der Waals surface area contributed by atoms with Crippen LogP contribution in [0.25, 0.3) is 0 Å². The maximum atomic E-state index is 13.2. The molecule has 1 aromatic heterocycles. The van der Waals surface area contributed by atoms with Crippen LogP contribution in [0.3, 0.4) is 0 Å². The van der Waals surface area contributed by atoms with Crippen LogP contribution in [0.1, 0.15) is 16.8 Å². The van der Waals surface area contributed by atoms with Gasteiger partial charge in [0.05, 0.1) is 29.0 Å². The Morgan fingerprint density at radius 1 is 1.23 bits per heavy atom. The predicted octanol–water partition coefficient (Wildman–Crippen LogP) is 2.24. The third-order valence-corrected chi connectivity index (χ3v) is 6.08. The maximum absolute atomic E-state index is 13.2. The smallest absolute Gasteiger partial charge is 0.257 e. The van der Waals surface area contributed by atoms with Gasteiger partial charge in [-0.25, -0.2) is 17.2 Å². The summed E-state index contributed by atoms with van der Waals surface area (Å²) in [6, 6.07) is 4.47. The number of sulfone groups is 1. The van der Waals surface area contributed by atoms with Gasteiger partial charge in [0.15, 0.2) is 21.5 Å². The van der Waals surface area contributed by atoms with Crippen LogP contribution in [0.2, 0.25) is 0 Å². The minimum absolute atomic E-state index is 0.0643. The molecule has 1 unspecified atom stereocenters. The number of pyridine rings is 1. The molecule has 1 aliphatic rings. The Morgan fingerprint density at radius 2 is 2.00 bits per heavy atom. The lowest BCUT2D eigenvalue weighted by Crippen LogP contribution is -2.32. The molecule has 1 aliphatic heterocycles. The molecular formula is C17H17F2N3O3S. The highest BCUT2D eigenvalue weighted by atomic mass is 32.2. The molecule has 9 heteroatoms. The van der Waals surface area contributed by atoms with E-state index in [0.29, 0.717) is 12.1 Å². The van der Waals surface area contributed by atoms with Crippen LogP contribution in [0, 0.1) is 11.6 Å². The molecular weight excluding hydrogens is 364 g/mol. The van der Waals surface area contributed by atoms with Crippen molar-refractivity contribution >= 4 is 27.1 Å². The largest absolute Gasteiger partial charge is 0.369 e. The summed E-state index contributed by atoms with van der Waals surface area (Å²) in [4.78, 5) is 18.1. The first-order valence-corrected chi connectivity index (χ1v) is 9.72. The Kier molecular flexibility index (Phi) is 4.90. The summed E-state index contributed by atoms with van der Waals surface area (Å²) in [5.41, 5.74) is 0.944. The summed E-state index contributed by atoms with van der Waals surface area (Å²) >= 11 is 0. The zero-order chi connectivity index (χ0) is 18.9. The van der Waals surface area contributed by atoms with Gasteiger partial charge >= 0.3 is 0 Å². The third-order valence-electron chi connectivity index (χ3n) is 4.33. The van der Waals surface area contributed by atoms with Crippen LogP contribution in [0.5, 0.6) is 0 Å². The summed E-state index contributed by atoms with van der Waals surface area (Å²) < 4.78 is 49.5. The number of anilines is 2. The van der Waals surface area contributed by atoms with Gasteiger partial charge in [-0.05, 0) is 24.6 Å². The van der Waals surface area contributed by atoms with E-state index >= 15 is 0 Å². The fourth-order valence-corrected chi connectivity index (χ4v) is 4.59. The van der Waals surface area contributed by atoms with Crippen molar-refractivity contribution in [1.82, 2.24) is 4.98 Å². The number of nitrogens with zero attached hydrogens (tertiary/aromatic N) is 2. The van der Waals surface area contributed by atoms with Crippen LogP contribution in [0.4, 0.5) is 20.2 Å². The quantitative estimate of drug-likeness (QED) is 0.879. The van der Waals surface area contributed by atoms with Crippen molar-refractivity contribution < 1.29 is 22.0 Å². The molecule has 1 aromatic carbocycles. The van der Waals surface area contributed by atoms with Crippen LogP contribution >= 0.6 is 0 Å². The molecule has 1 saturated heterocycles. The van der Waals surface area contributed by atoms with E-state index in [2.05, 4.69) is 10.3 Å². The average Bonchev–Trinajstić information content (AvgIpc) is 2.97. The molecule has 0 radical (unpaired) electrons. The number of nitrogens with one attached hydrogen (secondary N) is 1. The van der Waals surface area contributed by atoms with Crippen LogP contribution in [-0.4, -0.2) is 43.9 Å². The lowest BCUT2D eigenvalue weighted by atomic mass is 10.2. The summed E-state index contributed by atoms with van der Waals surface area (Å²) in [6.07, 6.45) is 3.40. The van der Waals surface area contributed by atoms with Gasteiger partial charge in [-0.3, -0.25) is 9.78 Å². The minimum atomic E-state index is -3.03. The monoisotopic (exact) mass is 381 g/mol. The molecule has 3 rings (SSSR count). The normalized spacial score (nSPS) is 18.5. The van der Waals surface area contributed by atoms with E-state index in [1.54, 1.807) is 24.2 Å². The highest BCUT2D eigenvalue weighted by Crippen LogP contribution is 2.23. The number of halogens is 2. The Morgan fingerprint density at radius 3 is 2.65 bits per heavy atom. The predicted molar refractivity (Wildman–Crippen MR) is 94.0 cm³/mol. The first-order chi connectivity index (χ1) is 12.2. The molecule has 1 amide bonds. The van der Waals surface area contributed by atoms with E-state index < -0.39 is 27.4 Å². The van der Waals surface area contributed by atoms with E-state index in [-0.39, 0.29) is 28.8 Å². The van der Waals surface area contributed by atoms with Crippen LogP contribution < -0.4 is 10.2 Å². The summed E-state index contributed by atoms with van der Waals surface area (Å²) in [5.74, 6) is -2.38. The number of benzene rings is 1. The maximum Gasteiger partial charge on any atom is 0.257 e. The Labute approximate surface area is 149 Å². The lowest BCUT2D eigenvalue weighted by Gasteiger charge is -2.25. The topological polar surface area (TPSA) is 79.4 Å². The molecule has 0 aliphatic carbocycles. The average molecular weight is 381 g/mol. The van der Waals surface area contributed by atoms with Gasteiger partial charge in [0.25, 0.3) is 5.91 Å². The van der Waals surface area contributed by atoms with Gasteiger partial charge in [-0.1, -0.05) is 0 Å². The second-order valence-electron chi connectivity index (χ2n) is 6.18. The number of amides is 1. The van der Waals surface area contributed by atoms with Crippen LogP contribution in [-0.2, 0) is 9.84 Å². The van der Waals surface area contributed by atoms with Crippen molar-refractivity contribution in [3.8, 4) is 0 Å². The van der Waals surface area contributed by atoms with Gasteiger partial charge in [-0.15, -0.1) is 0 Å². The number of hydrogen-bond donors (Lipinski definition) is 1. The first-order valence-electron chi connectivity index (χ1n) is 7.90. The van der Waals surface area contributed by atoms with Crippen molar-refractivity contribution in [3.05, 3.63) is 53.9 Å². The fourth-order valence-electron chi connectivity index (χ4n) is 2.81. The van der Waals surface area contributed by atoms with Gasteiger partial charge in [0.2, 0.25) is 0 Å². The summed E-state index contributed by atoms with van der Waals surface area (Å²) in [6.45, 7) is 0. The molecule has 1 fully saturated rings. The highest BCUT2D eigenvalue weighted by Gasteiger charge is 2.31. The second kappa shape index (κ2) is 6.99. The molecule has 0 bridgehead atoms. The molecule has 138 valence electrons. The minimum Gasteiger partial charge on any atom is -0.369 e. The summed E-state index contributed by atoms with van der Waals surface area (Å²) in [7, 11) is -1.28. The molecule has 0 spiro atoms. The van der Waals surface area contributed by atoms with E-state index in [1.165, 1.54) is 12.3 Å². The fraction of sp³-hybridized carbons (Fsp3) is 0.294. The second-order valence-corrected chi connectivity index (χ2v) is 8.41. The first kappa shape index (κ1) is 18.2. The van der Waals surface area contributed by atoms with E-state index in [1.807, 2.05) is 0 Å². The Hall–Kier alpha value is -2.55. The zero-order valence-corrected chi connectivity index (χ0v) is 14.8. The number of carbonyl (C=O) groups excluding carboxylic acids is 1. The highest BCUT2D eigenvalue weighted by molar-refractivity contribution is 7.91. The molecule has 0 saturated carbocycles. The van der Waals surface area contributed by atoms with E-state index in [0.717, 1.165) is 12.1 Å². The Bertz CT molecular complexity index is 950. The van der Waals surface area contributed by atoms with Gasteiger partial charge < -0.3 is 10.2 Å². The third kappa shape index (κ3) is 3.98. The van der Waals surface area contributed by atoms with Crippen molar-refractivity contribution in [2.45, 2.75) is 12.5 Å². The summed E-state index contributed by atoms with van der Waals surface area (Å²) in [5, 5.41) is 2.48. The van der Waals surface area contributed by atoms with Gasteiger partial charge in [0, 0.05) is 31.0 Å². The molecule has 2 aromatic rings. The molecule has 1 atom stereocenters. The standard InChI is InChI=1S/C17H17F2N3O3S/c1-22(13-4-5-26(24,25)10-13)14-6-11(8-20-9-14)17(23)21-12-2-3-15(18)16(19)7-12/h2-3,6-9,13H,4-5,10H2,1H3,(H,21,23). The lowest BCUT2D eigenvalue weighted by molar-refractivity contribution is 0.102. The number of hydrogen-bond acceptors (Lipinski definition) is 5. The number of rotatable bonds is 4. The van der Waals surface area contributed by atoms with Crippen LogP contribution in [0.15, 0.2) is 36.7 Å². The molecule has 2 heterocycles. The van der Waals surface area contributed by atoms with Crippen molar-refractivity contribution in [2.75, 3.05) is 28.8 Å². The zero-order valence-electron chi connectivity index (χ0n) is 13.9. The Balaban J connectivity index is 1.76. The number of carbonyl (C=O) groups is 1. The molecule has 6 nitrogen and oxygen atoms in total.